The van der Waals surface area contributed by atoms with Gasteiger partial charge in [-0.25, -0.2) is 13.4 Å². The highest BCUT2D eigenvalue weighted by molar-refractivity contribution is 7.89. The first-order valence-corrected chi connectivity index (χ1v) is 10.2. The number of nitrogens with zero attached hydrogens (tertiary/aromatic N) is 1. The minimum absolute atomic E-state index is 0.0268. The van der Waals surface area contributed by atoms with Gasteiger partial charge in [0, 0.05) is 5.38 Å². The molecule has 0 radical (unpaired) electrons. The summed E-state index contributed by atoms with van der Waals surface area (Å²) < 4.78 is 24.6. The number of rotatable bonds is 7. The van der Waals surface area contributed by atoms with E-state index in [1.807, 2.05) is 36.6 Å². The van der Waals surface area contributed by atoms with Crippen LogP contribution in [0.5, 0.6) is 0 Å². The summed E-state index contributed by atoms with van der Waals surface area (Å²) in [5.41, 5.74) is 2.65. The van der Waals surface area contributed by atoms with Crippen LogP contribution in [0.15, 0.2) is 29.6 Å². The first-order valence-electron chi connectivity index (χ1n) is 7.53. The van der Waals surface area contributed by atoms with Gasteiger partial charge in [0.25, 0.3) is 0 Å². The van der Waals surface area contributed by atoms with Crippen LogP contribution in [0.2, 0.25) is 0 Å². The maximum atomic E-state index is 12.3. The fourth-order valence-electron chi connectivity index (χ4n) is 2.16. The Morgan fingerprint density at radius 1 is 1.14 bits per heavy atom. The minimum atomic E-state index is -3.17. The van der Waals surface area contributed by atoms with Crippen LogP contribution in [0, 0.1) is 12.8 Å². The zero-order valence-corrected chi connectivity index (χ0v) is 15.0. The molecule has 0 aliphatic heterocycles. The molecule has 0 atom stereocenters. The van der Waals surface area contributed by atoms with Gasteiger partial charge in [-0.05, 0) is 31.2 Å². The molecule has 0 bridgehead atoms. The zero-order chi connectivity index (χ0) is 16.2. The Morgan fingerprint density at radius 2 is 1.82 bits per heavy atom. The second kappa shape index (κ2) is 7.38. The van der Waals surface area contributed by atoms with Gasteiger partial charge in [0.15, 0.2) is 9.84 Å². The molecule has 0 saturated heterocycles. The van der Waals surface area contributed by atoms with Crippen molar-refractivity contribution in [2.24, 2.45) is 5.92 Å². The van der Waals surface area contributed by atoms with E-state index in [0.29, 0.717) is 11.6 Å². The topological polar surface area (TPSA) is 47.0 Å². The van der Waals surface area contributed by atoms with Crippen molar-refractivity contribution >= 4 is 21.2 Å². The molecule has 3 nitrogen and oxygen atoms in total. The summed E-state index contributed by atoms with van der Waals surface area (Å²) >= 11 is 1.56. The largest absolute Gasteiger partial charge is 0.245 e. The van der Waals surface area contributed by atoms with Gasteiger partial charge in [-0.2, -0.15) is 0 Å². The monoisotopic (exact) mass is 337 g/mol. The molecule has 0 fully saturated rings. The fraction of sp³-hybridized carbons (Fsp3) is 0.471. The predicted molar refractivity (Wildman–Crippen MR) is 92.8 cm³/mol. The van der Waals surface area contributed by atoms with Crippen LogP contribution in [0.3, 0.4) is 0 Å². The summed E-state index contributed by atoms with van der Waals surface area (Å²) in [5, 5.41) is 2.91. The standard InChI is InChI=1S/C17H23NO2S2/c1-13(2)4-9-17-18-16(10-21-17)12-22(19,20)11-15-7-5-14(3)6-8-15/h5-8,10,13H,4,9,11-12H2,1-3H3. The molecular weight excluding hydrogens is 314 g/mol. The summed E-state index contributed by atoms with van der Waals surface area (Å²) in [5.74, 6) is 0.739. The Bertz CT molecular complexity index is 701. The Balaban J connectivity index is 1.98. The highest BCUT2D eigenvalue weighted by atomic mass is 32.2. The van der Waals surface area contributed by atoms with Crippen LogP contribution in [0.4, 0.5) is 0 Å². The number of thiazole rings is 1. The van der Waals surface area contributed by atoms with Gasteiger partial charge in [0.2, 0.25) is 0 Å². The Labute approximate surface area is 137 Å². The highest BCUT2D eigenvalue weighted by Crippen LogP contribution is 2.18. The molecular formula is C17H23NO2S2. The normalized spacial score (nSPS) is 12.0. The second-order valence-electron chi connectivity index (χ2n) is 6.18. The molecule has 0 aliphatic rings. The van der Waals surface area contributed by atoms with E-state index in [2.05, 4.69) is 18.8 Å². The van der Waals surface area contributed by atoms with Crippen molar-refractivity contribution in [3.8, 4) is 0 Å². The first-order chi connectivity index (χ1) is 10.3. The lowest BCUT2D eigenvalue weighted by Crippen LogP contribution is -2.08. The number of benzene rings is 1. The molecule has 0 amide bonds. The lowest BCUT2D eigenvalue weighted by Gasteiger charge is -2.04. The quantitative estimate of drug-likeness (QED) is 0.762. The first kappa shape index (κ1) is 17.2. The van der Waals surface area contributed by atoms with E-state index in [0.717, 1.165) is 29.0 Å². The molecule has 0 aliphatic carbocycles. The molecule has 0 spiro atoms. The molecule has 0 N–H and O–H groups in total. The van der Waals surface area contributed by atoms with Gasteiger partial charge in [0.05, 0.1) is 22.2 Å². The maximum Gasteiger partial charge on any atom is 0.160 e. The number of hydrogen-bond acceptors (Lipinski definition) is 4. The summed E-state index contributed by atoms with van der Waals surface area (Å²) in [7, 11) is -3.17. The summed E-state index contributed by atoms with van der Waals surface area (Å²) in [6.45, 7) is 6.35. The van der Waals surface area contributed by atoms with Gasteiger partial charge in [-0.3, -0.25) is 0 Å². The SMILES string of the molecule is Cc1ccc(CS(=O)(=O)Cc2csc(CCC(C)C)n2)cc1. The third-order valence-corrected chi connectivity index (χ3v) is 5.88. The van der Waals surface area contributed by atoms with Crippen LogP contribution in [-0.4, -0.2) is 13.4 Å². The van der Waals surface area contributed by atoms with Gasteiger partial charge < -0.3 is 0 Å². The van der Waals surface area contributed by atoms with Crippen molar-refractivity contribution in [1.82, 2.24) is 4.98 Å². The third kappa shape index (κ3) is 5.54. The molecule has 2 aromatic rings. The lowest BCUT2D eigenvalue weighted by atomic mass is 10.1. The van der Waals surface area contributed by atoms with E-state index in [4.69, 9.17) is 0 Å². The van der Waals surface area contributed by atoms with E-state index in [1.54, 1.807) is 11.3 Å². The predicted octanol–water partition coefficient (Wildman–Crippen LogP) is 4.16. The van der Waals surface area contributed by atoms with Crippen molar-refractivity contribution in [1.29, 1.82) is 0 Å². The van der Waals surface area contributed by atoms with E-state index in [-0.39, 0.29) is 11.5 Å². The molecule has 0 saturated carbocycles. The van der Waals surface area contributed by atoms with E-state index in [9.17, 15) is 8.42 Å². The average molecular weight is 338 g/mol. The number of sulfone groups is 1. The third-order valence-electron chi connectivity index (χ3n) is 3.41. The minimum Gasteiger partial charge on any atom is -0.245 e. The summed E-state index contributed by atoms with van der Waals surface area (Å²) in [6.07, 6.45) is 2.02. The van der Waals surface area contributed by atoms with Crippen molar-refractivity contribution in [3.05, 3.63) is 51.5 Å². The van der Waals surface area contributed by atoms with Crippen molar-refractivity contribution in [3.63, 3.8) is 0 Å². The Hall–Kier alpha value is -1.20. The lowest BCUT2D eigenvalue weighted by molar-refractivity contribution is 0.584. The number of aromatic nitrogens is 1. The van der Waals surface area contributed by atoms with E-state index >= 15 is 0 Å². The maximum absolute atomic E-state index is 12.3. The number of aryl methyl sites for hydroxylation is 2. The molecule has 22 heavy (non-hydrogen) atoms. The molecule has 2 rings (SSSR count). The molecule has 0 unspecified atom stereocenters. The van der Waals surface area contributed by atoms with Crippen LogP contribution < -0.4 is 0 Å². The van der Waals surface area contributed by atoms with Crippen LogP contribution in [0.1, 0.15) is 42.1 Å². The van der Waals surface area contributed by atoms with Crippen molar-refractivity contribution in [2.45, 2.75) is 45.1 Å². The molecule has 1 aromatic carbocycles. The average Bonchev–Trinajstić information content (AvgIpc) is 2.85. The Kier molecular flexibility index (Phi) is 5.75. The van der Waals surface area contributed by atoms with Crippen molar-refractivity contribution < 1.29 is 8.42 Å². The molecule has 120 valence electrons. The second-order valence-corrected chi connectivity index (χ2v) is 9.19. The van der Waals surface area contributed by atoms with Crippen LogP contribution >= 0.6 is 11.3 Å². The molecule has 1 heterocycles. The van der Waals surface area contributed by atoms with Gasteiger partial charge in [0.1, 0.15) is 0 Å². The fourth-order valence-corrected chi connectivity index (χ4v) is 4.48. The smallest absolute Gasteiger partial charge is 0.160 e. The number of hydrogen-bond donors (Lipinski definition) is 0. The highest BCUT2D eigenvalue weighted by Gasteiger charge is 2.15. The van der Waals surface area contributed by atoms with Gasteiger partial charge in [-0.1, -0.05) is 43.7 Å². The molecule has 1 aromatic heterocycles. The Morgan fingerprint density at radius 3 is 2.45 bits per heavy atom. The zero-order valence-electron chi connectivity index (χ0n) is 13.4. The molecule has 5 heteroatoms. The van der Waals surface area contributed by atoms with Crippen molar-refractivity contribution in [2.75, 3.05) is 0 Å². The van der Waals surface area contributed by atoms with E-state index < -0.39 is 9.84 Å². The van der Waals surface area contributed by atoms with Gasteiger partial charge in [-0.15, -0.1) is 11.3 Å². The van der Waals surface area contributed by atoms with Crippen LogP contribution in [-0.2, 0) is 27.8 Å². The summed E-state index contributed by atoms with van der Waals surface area (Å²) in [6, 6.07) is 7.64. The van der Waals surface area contributed by atoms with Crippen LogP contribution in [0.25, 0.3) is 0 Å². The summed E-state index contributed by atoms with van der Waals surface area (Å²) in [4.78, 5) is 4.46. The van der Waals surface area contributed by atoms with E-state index in [1.165, 1.54) is 0 Å². The van der Waals surface area contributed by atoms with Gasteiger partial charge >= 0.3 is 0 Å².